The number of imidazole rings is 1. The highest BCUT2D eigenvalue weighted by atomic mass is 35.5. The van der Waals surface area contributed by atoms with Crippen molar-refractivity contribution in [3.63, 3.8) is 0 Å². The summed E-state index contributed by atoms with van der Waals surface area (Å²) in [4.78, 5) is 4.61. The molecule has 1 aromatic heterocycles. The molecule has 1 aliphatic heterocycles. The molecule has 1 aliphatic rings. The van der Waals surface area contributed by atoms with Gasteiger partial charge in [0.05, 0.1) is 23.0 Å². The van der Waals surface area contributed by atoms with Crippen molar-refractivity contribution in [3.8, 4) is 0 Å². The highest BCUT2D eigenvalue weighted by Crippen LogP contribution is 2.22. The number of ether oxygens (including phenoxy) is 1. The molecule has 1 unspecified atom stereocenters. The van der Waals surface area contributed by atoms with Gasteiger partial charge in [0.1, 0.15) is 5.82 Å². The maximum absolute atomic E-state index is 6.02. The van der Waals surface area contributed by atoms with Gasteiger partial charge in [-0.2, -0.15) is 0 Å². The zero-order chi connectivity index (χ0) is 13.2. The van der Waals surface area contributed by atoms with Gasteiger partial charge >= 0.3 is 0 Å². The molecule has 3 rings (SSSR count). The topological polar surface area (TPSA) is 27.1 Å². The number of aromatic nitrogens is 2. The number of aryl methyl sites for hydroxylation is 2. The fourth-order valence-electron chi connectivity index (χ4n) is 2.78. The molecule has 0 bridgehead atoms. The standard InChI is InChI=1S/C15H19ClN2O/c1-11-4-5-13-14(9-11)18(15(10-16)17-13)7-6-12-3-2-8-19-12/h4-5,9,12H,2-3,6-8,10H2,1H3. The Hall–Kier alpha value is -1.06. The maximum atomic E-state index is 6.02. The quantitative estimate of drug-likeness (QED) is 0.798. The van der Waals surface area contributed by atoms with E-state index in [4.69, 9.17) is 16.3 Å². The zero-order valence-electron chi connectivity index (χ0n) is 11.2. The van der Waals surface area contributed by atoms with Crippen molar-refractivity contribution >= 4 is 22.6 Å². The number of hydrogen-bond acceptors (Lipinski definition) is 2. The van der Waals surface area contributed by atoms with Crippen LogP contribution in [0.5, 0.6) is 0 Å². The van der Waals surface area contributed by atoms with Crippen LogP contribution in [-0.4, -0.2) is 22.3 Å². The van der Waals surface area contributed by atoms with Gasteiger partial charge in [0.25, 0.3) is 0 Å². The Morgan fingerprint density at radius 2 is 2.37 bits per heavy atom. The molecule has 0 saturated carbocycles. The monoisotopic (exact) mass is 278 g/mol. The normalized spacial score (nSPS) is 19.4. The van der Waals surface area contributed by atoms with Crippen molar-refractivity contribution in [1.82, 2.24) is 9.55 Å². The lowest BCUT2D eigenvalue weighted by molar-refractivity contribution is 0.100. The van der Waals surface area contributed by atoms with E-state index in [1.165, 1.54) is 23.9 Å². The Bertz CT molecular complexity index is 573. The van der Waals surface area contributed by atoms with Crippen molar-refractivity contribution in [2.24, 2.45) is 0 Å². The lowest BCUT2D eigenvalue weighted by Crippen LogP contribution is -2.11. The van der Waals surface area contributed by atoms with Crippen molar-refractivity contribution < 1.29 is 4.74 Å². The van der Waals surface area contributed by atoms with Gasteiger partial charge < -0.3 is 9.30 Å². The van der Waals surface area contributed by atoms with E-state index in [1.807, 2.05) is 0 Å². The first-order chi connectivity index (χ1) is 9.28. The van der Waals surface area contributed by atoms with Crippen LogP contribution in [0.15, 0.2) is 18.2 Å². The van der Waals surface area contributed by atoms with Crippen LogP contribution in [0, 0.1) is 6.92 Å². The molecule has 102 valence electrons. The summed E-state index contributed by atoms with van der Waals surface area (Å²) in [5.74, 6) is 1.42. The minimum atomic E-state index is 0.408. The Kier molecular flexibility index (Phi) is 3.76. The molecule has 1 atom stereocenters. The predicted molar refractivity (Wildman–Crippen MR) is 77.6 cm³/mol. The fourth-order valence-corrected chi connectivity index (χ4v) is 2.98. The molecule has 3 nitrogen and oxygen atoms in total. The molecule has 2 heterocycles. The molecule has 19 heavy (non-hydrogen) atoms. The first-order valence-corrected chi connectivity index (χ1v) is 7.44. The van der Waals surface area contributed by atoms with E-state index in [-0.39, 0.29) is 0 Å². The number of benzene rings is 1. The van der Waals surface area contributed by atoms with Crippen LogP contribution in [0.25, 0.3) is 11.0 Å². The highest BCUT2D eigenvalue weighted by Gasteiger charge is 2.17. The van der Waals surface area contributed by atoms with Crippen molar-refractivity contribution in [2.45, 2.75) is 44.7 Å². The fraction of sp³-hybridized carbons (Fsp3) is 0.533. The van der Waals surface area contributed by atoms with E-state index in [2.05, 4.69) is 34.7 Å². The van der Waals surface area contributed by atoms with Crippen molar-refractivity contribution in [1.29, 1.82) is 0 Å². The van der Waals surface area contributed by atoms with Gasteiger partial charge in [-0.15, -0.1) is 11.6 Å². The third-order valence-electron chi connectivity index (χ3n) is 3.80. The van der Waals surface area contributed by atoms with E-state index in [1.54, 1.807) is 0 Å². The molecule has 1 aromatic carbocycles. The molecule has 0 aliphatic carbocycles. The molecule has 0 spiro atoms. The lowest BCUT2D eigenvalue weighted by atomic mass is 10.2. The Balaban J connectivity index is 1.88. The van der Waals surface area contributed by atoms with E-state index < -0.39 is 0 Å². The van der Waals surface area contributed by atoms with E-state index >= 15 is 0 Å². The number of nitrogens with zero attached hydrogens (tertiary/aromatic N) is 2. The van der Waals surface area contributed by atoms with E-state index in [0.717, 1.165) is 30.9 Å². The SMILES string of the molecule is Cc1ccc2nc(CCl)n(CCC3CCCO3)c2c1. The molecule has 1 fully saturated rings. The van der Waals surface area contributed by atoms with Crippen LogP contribution in [-0.2, 0) is 17.2 Å². The Labute approximate surface area is 118 Å². The number of fused-ring (bicyclic) bond motifs is 1. The Morgan fingerprint density at radius 1 is 1.47 bits per heavy atom. The third kappa shape index (κ3) is 2.63. The van der Waals surface area contributed by atoms with Crippen molar-refractivity contribution in [2.75, 3.05) is 6.61 Å². The van der Waals surface area contributed by atoms with E-state index in [0.29, 0.717) is 12.0 Å². The van der Waals surface area contributed by atoms with Crippen LogP contribution in [0.2, 0.25) is 0 Å². The number of rotatable bonds is 4. The van der Waals surface area contributed by atoms with Gasteiger partial charge in [0.2, 0.25) is 0 Å². The van der Waals surface area contributed by atoms with Gasteiger partial charge in [-0.1, -0.05) is 6.07 Å². The van der Waals surface area contributed by atoms with Gasteiger partial charge in [0, 0.05) is 13.2 Å². The summed E-state index contributed by atoms with van der Waals surface area (Å²) in [6, 6.07) is 6.36. The first-order valence-electron chi connectivity index (χ1n) is 6.91. The largest absolute Gasteiger partial charge is 0.378 e. The molecule has 0 radical (unpaired) electrons. The van der Waals surface area contributed by atoms with Crippen molar-refractivity contribution in [3.05, 3.63) is 29.6 Å². The summed E-state index contributed by atoms with van der Waals surface area (Å²) >= 11 is 6.02. The van der Waals surface area contributed by atoms with Gasteiger partial charge in [-0.05, 0) is 43.9 Å². The predicted octanol–water partition coefficient (Wildman–Crippen LogP) is 3.65. The molecule has 1 saturated heterocycles. The zero-order valence-corrected chi connectivity index (χ0v) is 12.0. The average molecular weight is 279 g/mol. The lowest BCUT2D eigenvalue weighted by Gasteiger charge is -2.12. The van der Waals surface area contributed by atoms with Crippen LogP contribution >= 0.6 is 11.6 Å². The summed E-state index contributed by atoms with van der Waals surface area (Å²) in [5.41, 5.74) is 3.48. The second-order valence-electron chi connectivity index (χ2n) is 5.23. The van der Waals surface area contributed by atoms with Gasteiger partial charge in [0.15, 0.2) is 0 Å². The van der Waals surface area contributed by atoms with Gasteiger partial charge in [-0.3, -0.25) is 0 Å². The maximum Gasteiger partial charge on any atom is 0.124 e. The average Bonchev–Trinajstić information content (AvgIpc) is 3.03. The number of hydrogen-bond donors (Lipinski definition) is 0. The third-order valence-corrected chi connectivity index (χ3v) is 4.04. The molecule has 0 amide bonds. The summed E-state index contributed by atoms with van der Waals surface area (Å²) < 4.78 is 7.94. The van der Waals surface area contributed by atoms with Crippen LogP contribution in [0.3, 0.4) is 0 Å². The number of halogens is 1. The summed E-state index contributed by atoms with van der Waals surface area (Å²) in [7, 11) is 0. The summed E-state index contributed by atoms with van der Waals surface area (Å²) in [6.45, 7) is 3.96. The Morgan fingerprint density at radius 3 is 3.11 bits per heavy atom. The summed E-state index contributed by atoms with van der Waals surface area (Å²) in [6.07, 6.45) is 3.83. The molecule has 0 N–H and O–H groups in total. The summed E-state index contributed by atoms with van der Waals surface area (Å²) in [5, 5.41) is 0. The van der Waals surface area contributed by atoms with Crippen LogP contribution in [0.1, 0.15) is 30.7 Å². The minimum Gasteiger partial charge on any atom is -0.378 e. The minimum absolute atomic E-state index is 0.408. The molecule has 4 heteroatoms. The first kappa shape index (κ1) is 12.9. The second kappa shape index (κ2) is 5.51. The molecule has 2 aromatic rings. The molecular weight excluding hydrogens is 260 g/mol. The van der Waals surface area contributed by atoms with Crippen LogP contribution in [0.4, 0.5) is 0 Å². The molecular formula is C15H19ClN2O. The highest BCUT2D eigenvalue weighted by molar-refractivity contribution is 6.16. The van der Waals surface area contributed by atoms with Crippen LogP contribution < -0.4 is 0 Å². The smallest absolute Gasteiger partial charge is 0.124 e. The number of alkyl halides is 1. The van der Waals surface area contributed by atoms with Gasteiger partial charge in [-0.25, -0.2) is 4.98 Å². The second-order valence-corrected chi connectivity index (χ2v) is 5.50. The van der Waals surface area contributed by atoms with E-state index in [9.17, 15) is 0 Å².